The van der Waals surface area contributed by atoms with Gasteiger partial charge in [0.2, 0.25) is 0 Å². The van der Waals surface area contributed by atoms with E-state index in [2.05, 4.69) is 25.3 Å². The minimum absolute atomic E-state index is 0.959. The van der Waals surface area contributed by atoms with Gasteiger partial charge in [-0.1, -0.05) is 0 Å². The molecule has 2 heterocycles. The Morgan fingerprint density at radius 2 is 2.36 bits per heavy atom. The minimum Gasteiger partial charge on any atom is -0.346 e. The van der Waals surface area contributed by atoms with Crippen LogP contribution in [0.5, 0.6) is 0 Å². The molecule has 0 saturated carbocycles. The molecule has 11 heavy (non-hydrogen) atoms. The lowest BCUT2D eigenvalue weighted by Gasteiger charge is -1.91. The topological polar surface area (TPSA) is 28.7 Å². The van der Waals surface area contributed by atoms with Crippen LogP contribution in [0, 0.1) is 6.92 Å². The summed E-state index contributed by atoms with van der Waals surface area (Å²) in [7, 11) is 2.68. The van der Waals surface area contributed by atoms with Gasteiger partial charge in [-0.3, -0.25) is 0 Å². The van der Waals surface area contributed by atoms with E-state index in [9.17, 15) is 0 Å². The van der Waals surface area contributed by atoms with Gasteiger partial charge in [0.05, 0.1) is 0 Å². The third-order valence-corrected chi connectivity index (χ3v) is 2.18. The number of H-pyrrole nitrogens is 1. The highest BCUT2D eigenvalue weighted by Crippen LogP contribution is 2.10. The number of hydrogen-bond acceptors (Lipinski definition) is 1. The number of aryl methyl sites for hydroxylation is 1. The standard InChI is InChI=1S/C8H9N2P/c1-5-2-6-7(11)4-10-8(6)9-3-5/h2-4H,11H2,1H3,(H,9,10). The Balaban J connectivity index is 2.87. The molecule has 1 unspecified atom stereocenters. The number of aromatic amines is 1. The van der Waals surface area contributed by atoms with Crippen LogP contribution in [0.15, 0.2) is 18.5 Å². The molecule has 56 valence electrons. The van der Waals surface area contributed by atoms with Crippen LogP contribution in [0.3, 0.4) is 0 Å². The van der Waals surface area contributed by atoms with Crippen molar-refractivity contribution in [2.24, 2.45) is 0 Å². The predicted molar refractivity (Wildman–Crippen MR) is 50.2 cm³/mol. The average Bonchev–Trinajstić information content (AvgIpc) is 2.33. The van der Waals surface area contributed by atoms with Crippen molar-refractivity contribution in [2.75, 3.05) is 0 Å². The third kappa shape index (κ3) is 1.04. The first-order chi connectivity index (χ1) is 5.27. The maximum Gasteiger partial charge on any atom is 0.137 e. The summed E-state index contributed by atoms with van der Waals surface area (Å²) in [6, 6.07) is 2.13. The summed E-state index contributed by atoms with van der Waals surface area (Å²) >= 11 is 0. The van der Waals surface area contributed by atoms with Gasteiger partial charge in [0, 0.05) is 17.8 Å². The largest absolute Gasteiger partial charge is 0.346 e. The lowest BCUT2D eigenvalue weighted by Crippen LogP contribution is -1.85. The number of fused-ring (bicyclic) bond motifs is 1. The summed E-state index contributed by atoms with van der Waals surface area (Å²) in [5.74, 6) is 0. The quantitative estimate of drug-likeness (QED) is 0.585. The highest BCUT2D eigenvalue weighted by molar-refractivity contribution is 7.28. The summed E-state index contributed by atoms with van der Waals surface area (Å²) in [4.78, 5) is 7.32. The summed E-state index contributed by atoms with van der Waals surface area (Å²) in [5, 5.41) is 2.37. The summed E-state index contributed by atoms with van der Waals surface area (Å²) in [6.07, 6.45) is 3.81. The molecule has 0 fully saturated rings. The zero-order valence-corrected chi connectivity index (χ0v) is 7.41. The molecule has 0 aliphatic heterocycles. The fourth-order valence-corrected chi connectivity index (χ4v) is 1.43. The van der Waals surface area contributed by atoms with Crippen molar-refractivity contribution in [1.29, 1.82) is 0 Å². The number of nitrogens with zero attached hydrogens (tertiary/aromatic N) is 1. The van der Waals surface area contributed by atoms with E-state index in [4.69, 9.17) is 0 Å². The van der Waals surface area contributed by atoms with Crippen molar-refractivity contribution < 1.29 is 0 Å². The molecule has 0 spiro atoms. The summed E-state index contributed by atoms with van der Waals surface area (Å²) < 4.78 is 0. The third-order valence-electron chi connectivity index (χ3n) is 1.70. The SMILES string of the molecule is Cc1cnc2[nH]cc(P)c2c1. The maximum absolute atomic E-state index is 4.23. The Hall–Kier alpha value is -0.880. The zero-order chi connectivity index (χ0) is 7.84. The van der Waals surface area contributed by atoms with Gasteiger partial charge in [0.15, 0.2) is 0 Å². The van der Waals surface area contributed by atoms with Crippen LogP contribution in [0.25, 0.3) is 11.0 Å². The molecule has 0 amide bonds. The highest BCUT2D eigenvalue weighted by atomic mass is 31.0. The Labute approximate surface area is 67.2 Å². The van der Waals surface area contributed by atoms with Crippen LogP contribution in [0.4, 0.5) is 0 Å². The van der Waals surface area contributed by atoms with E-state index in [1.807, 2.05) is 19.3 Å². The smallest absolute Gasteiger partial charge is 0.137 e. The fourth-order valence-electron chi connectivity index (χ4n) is 1.13. The first-order valence-corrected chi connectivity index (χ1v) is 4.04. The molecular formula is C8H9N2P. The van der Waals surface area contributed by atoms with Gasteiger partial charge in [-0.2, -0.15) is 0 Å². The van der Waals surface area contributed by atoms with E-state index >= 15 is 0 Å². The maximum atomic E-state index is 4.23. The van der Waals surface area contributed by atoms with Gasteiger partial charge in [0.25, 0.3) is 0 Å². The van der Waals surface area contributed by atoms with Crippen molar-refractivity contribution in [3.05, 3.63) is 24.0 Å². The molecule has 0 aliphatic rings. The van der Waals surface area contributed by atoms with Gasteiger partial charge in [-0.15, -0.1) is 9.24 Å². The minimum atomic E-state index is 0.959. The van der Waals surface area contributed by atoms with E-state index in [1.54, 1.807) is 0 Å². The van der Waals surface area contributed by atoms with Gasteiger partial charge >= 0.3 is 0 Å². The molecule has 2 aromatic rings. The number of rotatable bonds is 0. The normalized spacial score (nSPS) is 10.7. The van der Waals surface area contributed by atoms with Gasteiger partial charge < -0.3 is 4.98 Å². The number of hydrogen-bond donors (Lipinski definition) is 1. The molecule has 1 atom stereocenters. The lowest BCUT2D eigenvalue weighted by atomic mass is 10.2. The second-order valence-electron chi connectivity index (χ2n) is 2.65. The van der Waals surface area contributed by atoms with Crippen molar-refractivity contribution in [3.8, 4) is 0 Å². The molecule has 3 heteroatoms. The lowest BCUT2D eigenvalue weighted by molar-refractivity contribution is 1.29. The van der Waals surface area contributed by atoms with E-state index in [0.29, 0.717) is 0 Å². The molecule has 0 bridgehead atoms. The van der Waals surface area contributed by atoms with Crippen LogP contribution in [-0.4, -0.2) is 9.97 Å². The van der Waals surface area contributed by atoms with E-state index in [0.717, 1.165) is 5.65 Å². The van der Waals surface area contributed by atoms with E-state index < -0.39 is 0 Å². The second kappa shape index (κ2) is 2.31. The summed E-state index contributed by atoms with van der Waals surface area (Å²) in [5.41, 5.74) is 2.15. The van der Waals surface area contributed by atoms with Crippen molar-refractivity contribution in [1.82, 2.24) is 9.97 Å². The van der Waals surface area contributed by atoms with Crippen LogP contribution in [-0.2, 0) is 0 Å². The van der Waals surface area contributed by atoms with E-state index in [1.165, 1.54) is 16.3 Å². The van der Waals surface area contributed by atoms with Crippen LogP contribution >= 0.6 is 9.24 Å². The molecule has 0 saturated heterocycles. The van der Waals surface area contributed by atoms with Crippen LogP contribution in [0.2, 0.25) is 0 Å². The Morgan fingerprint density at radius 3 is 3.18 bits per heavy atom. The molecule has 2 nitrogen and oxygen atoms in total. The molecule has 1 N–H and O–H groups in total. The average molecular weight is 164 g/mol. The van der Waals surface area contributed by atoms with Gasteiger partial charge in [-0.25, -0.2) is 4.98 Å². The van der Waals surface area contributed by atoms with Crippen molar-refractivity contribution >= 4 is 25.6 Å². The molecule has 2 rings (SSSR count). The number of pyridine rings is 1. The molecule has 0 radical (unpaired) electrons. The molecule has 0 aromatic carbocycles. The van der Waals surface area contributed by atoms with Crippen LogP contribution < -0.4 is 5.30 Å². The first-order valence-electron chi connectivity index (χ1n) is 3.46. The molecule has 0 aliphatic carbocycles. The van der Waals surface area contributed by atoms with Crippen molar-refractivity contribution in [2.45, 2.75) is 6.92 Å². The van der Waals surface area contributed by atoms with Crippen molar-refractivity contribution in [3.63, 3.8) is 0 Å². The zero-order valence-electron chi connectivity index (χ0n) is 6.26. The molecule has 2 aromatic heterocycles. The fraction of sp³-hybridized carbons (Fsp3) is 0.125. The Morgan fingerprint density at radius 1 is 1.55 bits per heavy atom. The molecular weight excluding hydrogens is 155 g/mol. The summed E-state index contributed by atoms with van der Waals surface area (Å²) in [6.45, 7) is 2.05. The number of nitrogens with one attached hydrogen (secondary N) is 1. The van der Waals surface area contributed by atoms with Crippen LogP contribution in [0.1, 0.15) is 5.56 Å². The Bertz CT molecular complexity index is 392. The second-order valence-corrected chi connectivity index (χ2v) is 3.27. The first kappa shape index (κ1) is 6.81. The van der Waals surface area contributed by atoms with E-state index in [-0.39, 0.29) is 0 Å². The number of aromatic nitrogens is 2. The predicted octanol–water partition coefficient (Wildman–Crippen LogP) is 1.37. The van der Waals surface area contributed by atoms with Gasteiger partial charge in [-0.05, 0) is 23.9 Å². The highest BCUT2D eigenvalue weighted by Gasteiger charge is 1.98. The monoisotopic (exact) mass is 164 g/mol. The Kier molecular flexibility index (Phi) is 1.43. The van der Waals surface area contributed by atoms with Gasteiger partial charge in [0.1, 0.15) is 5.65 Å².